The molecule has 0 spiro atoms. The topological polar surface area (TPSA) is 118 Å². The maximum Gasteiger partial charge on any atom is 0.227 e. The first-order valence-corrected chi connectivity index (χ1v) is 13.1. The van der Waals surface area contributed by atoms with Crippen molar-refractivity contribution in [3.63, 3.8) is 0 Å². The number of sulfone groups is 1. The van der Waals surface area contributed by atoms with Crippen LogP contribution in [0.4, 0.5) is 17.5 Å². The predicted molar refractivity (Wildman–Crippen MR) is 131 cm³/mol. The van der Waals surface area contributed by atoms with Crippen LogP contribution in [-0.2, 0) is 27.5 Å². The van der Waals surface area contributed by atoms with Gasteiger partial charge in [0.25, 0.3) is 0 Å². The summed E-state index contributed by atoms with van der Waals surface area (Å²) in [5, 5.41) is 3.88. The van der Waals surface area contributed by atoms with Crippen molar-refractivity contribution < 1.29 is 13.2 Å². The maximum absolute atomic E-state index is 12.9. The molecular formula is C24H24ClN5O3S. The van der Waals surface area contributed by atoms with Crippen LogP contribution in [0.3, 0.4) is 0 Å². The second kappa shape index (κ2) is 8.88. The van der Waals surface area contributed by atoms with Crippen LogP contribution in [0.25, 0.3) is 0 Å². The second-order valence-corrected chi connectivity index (χ2v) is 11.2. The number of nitrogens with two attached hydrogens (primary N) is 1. The third-order valence-electron chi connectivity index (χ3n) is 6.16. The molecule has 3 heterocycles. The van der Waals surface area contributed by atoms with E-state index in [0.29, 0.717) is 41.1 Å². The lowest BCUT2D eigenvalue weighted by Gasteiger charge is -2.40. The summed E-state index contributed by atoms with van der Waals surface area (Å²) in [7, 11) is -3.49. The summed E-state index contributed by atoms with van der Waals surface area (Å²) >= 11 is 6.00. The van der Waals surface area contributed by atoms with Gasteiger partial charge in [0, 0.05) is 29.7 Å². The van der Waals surface area contributed by atoms with Gasteiger partial charge in [-0.1, -0.05) is 35.9 Å². The average molecular weight is 498 g/mol. The van der Waals surface area contributed by atoms with Gasteiger partial charge in [-0.25, -0.2) is 13.4 Å². The standard InChI is InChI=1S/C24H24ClN5O3S/c25-18-7-5-16(6-8-18)17-13-30(14-17)24-28-20-2-1-11-34(32,33)22(20)23(29-24)27-19-9-3-15(4-10-19)12-21(26)31/h3-10,17H,1-2,11-14H2,(H2,26,31)(H,27,28,29). The highest BCUT2D eigenvalue weighted by atomic mass is 35.5. The fraction of sp³-hybridized carbons (Fsp3) is 0.292. The van der Waals surface area contributed by atoms with Gasteiger partial charge in [-0.05, 0) is 48.2 Å². The molecule has 0 bridgehead atoms. The van der Waals surface area contributed by atoms with E-state index in [1.165, 1.54) is 5.56 Å². The fourth-order valence-corrected chi connectivity index (χ4v) is 6.12. The molecule has 8 nitrogen and oxygen atoms in total. The largest absolute Gasteiger partial charge is 0.369 e. The first-order chi connectivity index (χ1) is 16.3. The number of rotatable bonds is 6. The van der Waals surface area contributed by atoms with E-state index in [-0.39, 0.29) is 22.9 Å². The molecule has 1 aromatic heterocycles. The number of nitrogens with zero attached hydrogens (tertiary/aromatic N) is 3. The van der Waals surface area contributed by atoms with Crippen LogP contribution in [-0.4, -0.2) is 43.1 Å². The monoisotopic (exact) mass is 497 g/mol. The Kier molecular flexibility index (Phi) is 5.91. The number of aromatic nitrogens is 2. The van der Waals surface area contributed by atoms with Gasteiger partial charge in [-0.3, -0.25) is 4.79 Å². The summed E-state index contributed by atoms with van der Waals surface area (Å²) in [4.78, 5) is 22.7. The minimum Gasteiger partial charge on any atom is -0.369 e. The zero-order valence-corrected chi connectivity index (χ0v) is 19.9. The van der Waals surface area contributed by atoms with Crippen LogP contribution >= 0.6 is 11.6 Å². The highest BCUT2D eigenvalue weighted by Gasteiger charge is 2.34. The maximum atomic E-state index is 12.9. The van der Waals surface area contributed by atoms with Crippen molar-refractivity contribution in [3.8, 4) is 0 Å². The molecule has 0 radical (unpaired) electrons. The SMILES string of the molecule is NC(=O)Cc1ccc(Nc2nc(N3CC(c4ccc(Cl)cc4)C3)nc3c2S(=O)(=O)CCC3)cc1. The molecule has 1 fully saturated rings. The first-order valence-electron chi connectivity index (χ1n) is 11.1. The summed E-state index contributed by atoms with van der Waals surface area (Å²) in [5.41, 5.74) is 8.47. The minimum absolute atomic E-state index is 0.0806. The third-order valence-corrected chi connectivity index (χ3v) is 8.29. The van der Waals surface area contributed by atoms with Crippen molar-refractivity contribution in [2.24, 2.45) is 5.73 Å². The quantitative estimate of drug-likeness (QED) is 0.536. The number of hydrogen-bond donors (Lipinski definition) is 2. The number of nitrogens with one attached hydrogen (secondary N) is 1. The Labute approximate surface area is 203 Å². The summed E-state index contributed by atoms with van der Waals surface area (Å²) in [6, 6.07) is 14.9. The van der Waals surface area contributed by atoms with E-state index in [1.54, 1.807) is 24.3 Å². The molecule has 0 aliphatic carbocycles. The van der Waals surface area contributed by atoms with E-state index >= 15 is 0 Å². The Morgan fingerprint density at radius 2 is 1.79 bits per heavy atom. The molecule has 2 aliphatic rings. The highest BCUT2D eigenvalue weighted by molar-refractivity contribution is 7.91. The van der Waals surface area contributed by atoms with E-state index in [0.717, 1.165) is 18.7 Å². The van der Waals surface area contributed by atoms with E-state index in [9.17, 15) is 13.2 Å². The van der Waals surface area contributed by atoms with Crippen molar-refractivity contribution in [3.05, 3.63) is 70.4 Å². The van der Waals surface area contributed by atoms with Crippen molar-refractivity contribution >= 4 is 44.8 Å². The number of aryl methyl sites for hydroxylation is 1. The summed E-state index contributed by atoms with van der Waals surface area (Å²) < 4.78 is 25.8. The summed E-state index contributed by atoms with van der Waals surface area (Å²) in [6.07, 6.45) is 1.27. The number of carbonyl (C=O) groups is 1. The Bertz CT molecular complexity index is 1340. The molecule has 1 saturated heterocycles. The number of anilines is 3. The molecule has 2 aliphatic heterocycles. The van der Waals surface area contributed by atoms with Gasteiger partial charge in [0.1, 0.15) is 4.90 Å². The average Bonchev–Trinajstić information content (AvgIpc) is 2.74. The molecule has 2 aromatic carbocycles. The molecule has 5 rings (SSSR count). The summed E-state index contributed by atoms with van der Waals surface area (Å²) in [6.45, 7) is 1.49. The van der Waals surface area contributed by atoms with Crippen LogP contribution in [0.1, 0.15) is 29.2 Å². The fourth-order valence-electron chi connectivity index (χ4n) is 4.37. The smallest absolute Gasteiger partial charge is 0.227 e. The Morgan fingerprint density at radius 3 is 2.47 bits per heavy atom. The van der Waals surface area contributed by atoms with Crippen LogP contribution in [0.2, 0.25) is 5.02 Å². The number of hydrogen-bond acceptors (Lipinski definition) is 7. The lowest BCUT2D eigenvalue weighted by Crippen LogP contribution is -2.46. The molecule has 10 heteroatoms. The zero-order valence-electron chi connectivity index (χ0n) is 18.4. The lowest BCUT2D eigenvalue weighted by atomic mass is 9.92. The predicted octanol–water partition coefficient (Wildman–Crippen LogP) is 3.23. The molecule has 3 N–H and O–H groups in total. The summed E-state index contributed by atoms with van der Waals surface area (Å²) in [5.74, 6) is 0.825. The minimum atomic E-state index is -3.49. The number of fused-ring (bicyclic) bond motifs is 1. The lowest BCUT2D eigenvalue weighted by molar-refractivity contribution is -0.117. The number of benzene rings is 2. The first kappa shape index (κ1) is 22.6. The number of amides is 1. The third kappa shape index (κ3) is 4.58. The Hall–Kier alpha value is -3.17. The van der Waals surface area contributed by atoms with Gasteiger partial charge in [0.2, 0.25) is 11.9 Å². The van der Waals surface area contributed by atoms with E-state index in [1.807, 2.05) is 24.3 Å². The van der Waals surface area contributed by atoms with E-state index in [4.69, 9.17) is 17.3 Å². The van der Waals surface area contributed by atoms with Gasteiger partial charge in [-0.15, -0.1) is 0 Å². The normalized spacial score (nSPS) is 17.0. The van der Waals surface area contributed by atoms with Crippen LogP contribution in [0, 0.1) is 0 Å². The molecule has 0 saturated carbocycles. The molecule has 1 amide bonds. The van der Waals surface area contributed by atoms with Gasteiger partial charge in [-0.2, -0.15) is 4.98 Å². The van der Waals surface area contributed by atoms with Crippen molar-refractivity contribution in [2.45, 2.75) is 30.1 Å². The van der Waals surface area contributed by atoms with E-state index in [2.05, 4.69) is 20.2 Å². The van der Waals surface area contributed by atoms with Gasteiger partial charge in [0.15, 0.2) is 15.7 Å². The number of carbonyl (C=O) groups excluding carboxylic acids is 1. The van der Waals surface area contributed by atoms with Gasteiger partial charge >= 0.3 is 0 Å². The van der Waals surface area contributed by atoms with Crippen LogP contribution in [0.5, 0.6) is 0 Å². The molecular weight excluding hydrogens is 474 g/mol. The molecule has 34 heavy (non-hydrogen) atoms. The van der Waals surface area contributed by atoms with Crippen molar-refractivity contribution in [1.82, 2.24) is 9.97 Å². The molecule has 3 aromatic rings. The van der Waals surface area contributed by atoms with Crippen molar-refractivity contribution in [2.75, 3.05) is 29.1 Å². The van der Waals surface area contributed by atoms with Gasteiger partial charge < -0.3 is 16.0 Å². The second-order valence-electron chi connectivity index (χ2n) is 8.69. The zero-order chi connectivity index (χ0) is 23.9. The van der Waals surface area contributed by atoms with Crippen LogP contribution < -0.4 is 16.0 Å². The Balaban J connectivity index is 1.43. The van der Waals surface area contributed by atoms with E-state index < -0.39 is 15.7 Å². The number of halogens is 1. The Morgan fingerprint density at radius 1 is 1.09 bits per heavy atom. The highest BCUT2D eigenvalue weighted by Crippen LogP contribution is 2.36. The molecule has 0 unspecified atom stereocenters. The number of primary amides is 1. The molecule has 176 valence electrons. The van der Waals surface area contributed by atoms with Gasteiger partial charge in [0.05, 0.1) is 17.9 Å². The molecule has 0 atom stereocenters. The van der Waals surface area contributed by atoms with Crippen molar-refractivity contribution in [1.29, 1.82) is 0 Å². The van der Waals surface area contributed by atoms with Crippen LogP contribution in [0.15, 0.2) is 53.4 Å².